The van der Waals surface area contributed by atoms with E-state index in [1.54, 1.807) is 29.1 Å². The quantitative estimate of drug-likeness (QED) is 0.0936. The lowest BCUT2D eigenvalue weighted by Gasteiger charge is -2.49. The average molecular weight is 547 g/mol. The minimum absolute atomic E-state index is 0.130. The van der Waals surface area contributed by atoms with Gasteiger partial charge in [0.1, 0.15) is 35.6 Å². The third kappa shape index (κ3) is 5.29. The second-order valence-corrected chi connectivity index (χ2v) is 9.53. The van der Waals surface area contributed by atoms with Crippen molar-refractivity contribution in [2.75, 3.05) is 23.5 Å². The molecule has 0 bridgehead atoms. The summed E-state index contributed by atoms with van der Waals surface area (Å²) in [6.45, 7) is 0.183. The van der Waals surface area contributed by atoms with Crippen molar-refractivity contribution in [2.24, 2.45) is 5.16 Å². The van der Waals surface area contributed by atoms with E-state index in [0.717, 1.165) is 16.2 Å². The van der Waals surface area contributed by atoms with Crippen molar-refractivity contribution in [1.82, 2.24) is 15.2 Å². The topological polar surface area (TPSA) is 183 Å². The Hall–Kier alpha value is -4.31. The highest BCUT2D eigenvalue weighted by atomic mass is 32.2. The summed E-state index contributed by atoms with van der Waals surface area (Å²) in [7, 11) is 1.24. The molecule has 2 aliphatic heterocycles. The maximum Gasteiger partial charge on any atom is 0.352 e. The smallest absolute Gasteiger partial charge is 0.352 e. The Morgan fingerprint density at radius 1 is 1.35 bits per heavy atom. The first-order valence-electron chi connectivity index (χ1n) is 10.5. The Bertz CT molecular complexity index is 1330. The summed E-state index contributed by atoms with van der Waals surface area (Å²) in [5.74, 6) is -2.29. The molecule has 2 aromatic heterocycles. The molecule has 0 aromatic carbocycles. The predicted molar refractivity (Wildman–Crippen MR) is 131 cm³/mol. The predicted octanol–water partition coefficient (Wildman–Crippen LogP) is -0.643. The van der Waals surface area contributed by atoms with E-state index >= 15 is 0 Å². The highest BCUT2D eigenvalue weighted by Crippen LogP contribution is 2.40. The van der Waals surface area contributed by atoms with Crippen LogP contribution in [-0.2, 0) is 35.4 Å². The number of nitrogens with one attached hydrogen (secondary N) is 3. The number of amides is 4. The summed E-state index contributed by atoms with van der Waals surface area (Å²) in [5.41, 5.74) is 0.807. The number of hydrogen-bond acceptors (Lipinski definition) is 10. The van der Waals surface area contributed by atoms with Gasteiger partial charge in [-0.2, -0.15) is 4.57 Å². The molecule has 1 fully saturated rings. The largest absolute Gasteiger partial charge is 0.477 e. The lowest BCUT2D eigenvalue weighted by molar-refractivity contribution is -0.688. The molecule has 37 heavy (non-hydrogen) atoms. The van der Waals surface area contributed by atoms with Crippen LogP contribution in [0.5, 0.6) is 0 Å². The number of hydrogen-bond donors (Lipinski definition) is 4. The maximum absolute atomic E-state index is 13.0. The molecule has 14 nitrogen and oxygen atoms in total. The molecular formula is C21H20N7O7S2+. The zero-order valence-corrected chi connectivity index (χ0v) is 20.7. The van der Waals surface area contributed by atoms with E-state index < -0.39 is 29.2 Å². The van der Waals surface area contributed by atoms with Crippen LogP contribution in [0.1, 0.15) is 5.69 Å². The van der Waals surface area contributed by atoms with E-state index in [-0.39, 0.29) is 28.8 Å². The summed E-state index contributed by atoms with van der Waals surface area (Å²) < 4.78 is 1.70. The second-order valence-electron chi connectivity index (χ2n) is 7.57. The Labute approximate surface area is 217 Å². The van der Waals surface area contributed by atoms with Gasteiger partial charge in [-0.3, -0.25) is 24.1 Å². The molecule has 0 spiro atoms. The highest BCUT2D eigenvalue weighted by Gasteiger charge is 2.54. The molecule has 4 amide bonds. The highest BCUT2D eigenvalue weighted by molar-refractivity contribution is 8.00. The van der Waals surface area contributed by atoms with Crippen LogP contribution in [0.25, 0.3) is 0 Å². The van der Waals surface area contributed by atoms with Crippen molar-refractivity contribution in [1.29, 1.82) is 0 Å². The first kappa shape index (κ1) is 25.8. The number of rotatable bonds is 11. The van der Waals surface area contributed by atoms with Crippen molar-refractivity contribution in [3.05, 3.63) is 46.9 Å². The number of carboxylic acid groups (broad SMARTS) is 1. The number of thioether (sulfide) groups is 1. The Morgan fingerprint density at radius 3 is 2.84 bits per heavy atom. The van der Waals surface area contributed by atoms with E-state index in [0.29, 0.717) is 29.8 Å². The molecule has 0 saturated carbocycles. The normalized spacial score (nSPS) is 18.9. The third-order valence-electron chi connectivity index (χ3n) is 5.32. The molecule has 192 valence electrons. The fourth-order valence-electron chi connectivity index (χ4n) is 3.80. The van der Waals surface area contributed by atoms with Gasteiger partial charge < -0.3 is 25.9 Å². The van der Waals surface area contributed by atoms with Crippen LogP contribution in [0.15, 0.2) is 46.3 Å². The number of fused-ring (bicyclic) bond motifs is 1. The van der Waals surface area contributed by atoms with Gasteiger partial charge in [0.2, 0.25) is 12.8 Å². The standard InChI is InChI=1S/C21H19N7O7S2/c1-35-26-14(13-8-37-21(24-13)23-10-30)17(31)25-15-18(32)28-16(20(33)34)11(7-36-19(15)28)5-27-4-2-3-12(6-27)22-9-29/h2-4,6,8-10,15,19H,5,7H2,1H3,(H3-,22,23,24,25,29,30,31,33,34)/p+1/t15?,19-/m1/s1. The first-order valence-corrected chi connectivity index (χ1v) is 12.5. The molecule has 0 radical (unpaired) electrons. The molecule has 4 heterocycles. The van der Waals surface area contributed by atoms with E-state index in [1.165, 1.54) is 24.3 Å². The number of thiazole rings is 1. The lowest BCUT2D eigenvalue weighted by Crippen LogP contribution is -2.71. The van der Waals surface area contributed by atoms with Crippen LogP contribution in [-0.4, -0.2) is 75.6 Å². The monoisotopic (exact) mass is 546 g/mol. The van der Waals surface area contributed by atoms with Crippen LogP contribution in [0.4, 0.5) is 10.8 Å². The van der Waals surface area contributed by atoms with Gasteiger partial charge in [0.15, 0.2) is 29.8 Å². The van der Waals surface area contributed by atoms with Crippen molar-refractivity contribution < 1.29 is 38.5 Å². The summed E-state index contributed by atoms with van der Waals surface area (Å²) in [6, 6.07) is 2.39. The number of carbonyl (C=O) groups is 5. The summed E-state index contributed by atoms with van der Waals surface area (Å²) in [4.78, 5) is 69.4. The number of β-lactam (4-membered cyclic amide) rings is 1. The molecule has 1 unspecified atom stereocenters. The molecule has 1 saturated heterocycles. The number of aromatic nitrogens is 2. The number of oxime groups is 1. The van der Waals surface area contributed by atoms with Crippen molar-refractivity contribution in [3.8, 4) is 0 Å². The number of anilines is 2. The maximum atomic E-state index is 13.0. The number of carbonyl (C=O) groups excluding carboxylic acids is 4. The van der Waals surface area contributed by atoms with Gasteiger partial charge in [-0.1, -0.05) is 5.16 Å². The van der Waals surface area contributed by atoms with Crippen LogP contribution < -0.4 is 20.5 Å². The zero-order valence-electron chi connectivity index (χ0n) is 19.1. The SMILES string of the molecule is CON=C(C(=O)NC1C(=O)N2C(C(=O)O)=C(C[n+]3cccc(NC=O)c3)CS[C@H]12)c1csc(NC=O)n1. The van der Waals surface area contributed by atoms with E-state index in [4.69, 9.17) is 4.84 Å². The zero-order chi connectivity index (χ0) is 26.5. The van der Waals surface area contributed by atoms with Gasteiger partial charge in [0.25, 0.3) is 11.8 Å². The molecule has 2 atom stereocenters. The lowest BCUT2D eigenvalue weighted by atomic mass is 10.0. The minimum atomic E-state index is -1.26. The van der Waals surface area contributed by atoms with Gasteiger partial charge >= 0.3 is 5.97 Å². The van der Waals surface area contributed by atoms with E-state index in [1.807, 2.05) is 0 Å². The van der Waals surface area contributed by atoms with Crippen LogP contribution in [0.3, 0.4) is 0 Å². The molecule has 2 aromatic rings. The summed E-state index contributed by atoms with van der Waals surface area (Å²) in [5, 5.41) is 22.2. The van der Waals surface area contributed by atoms with Crippen LogP contribution >= 0.6 is 23.1 Å². The fraction of sp³-hybridized carbons (Fsp3) is 0.238. The van der Waals surface area contributed by atoms with Crippen molar-refractivity contribution in [3.63, 3.8) is 0 Å². The molecule has 0 aliphatic carbocycles. The fourth-order valence-corrected chi connectivity index (χ4v) is 5.79. The first-order chi connectivity index (χ1) is 17.9. The van der Waals surface area contributed by atoms with Crippen molar-refractivity contribution >= 4 is 70.2 Å². The molecule has 4 rings (SSSR count). The molecule has 2 aliphatic rings. The summed E-state index contributed by atoms with van der Waals surface area (Å²) in [6.07, 6.45) is 4.33. The average Bonchev–Trinajstić information content (AvgIpc) is 3.34. The summed E-state index contributed by atoms with van der Waals surface area (Å²) >= 11 is 2.38. The van der Waals surface area contributed by atoms with E-state index in [9.17, 15) is 29.1 Å². The number of pyridine rings is 1. The number of aliphatic carboxylic acids is 1. The van der Waals surface area contributed by atoms with Gasteiger partial charge in [-0.25, -0.2) is 9.78 Å². The number of carboxylic acids is 1. The molecule has 16 heteroatoms. The molecule has 4 N–H and O–H groups in total. The Morgan fingerprint density at radius 2 is 2.14 bits per heavy atom. The second kappa shape index (κ2) is 11.2. The van der Waals surface area contributed by atoms with Gasteiger partial charge in [-0.05, 0) is 6.07 Å². The third-order valence-corrected chi connectivity index (χ3v) is 7.43. The van der Waals surface area contributed by atoms with Crippen LogP contribution in [0.2, 0.25) is 0 Å². The van der Waals surface area contributed by atoms with Crippen molar-refractivity contribution in [2.45, 2.75) is 18.0 Å². The van der Waals surface area contributed by atoms with E-state index in [2.05, 4.69) is 26.1 Å². The van der Waals surface area contributed by atoms with Gasteiger partial charge in [-0.15, -0.1) is 23.1 Å². The van der Waals surface area contributed by atoms with Crippen LogP contribution in [0, 0.1) is 0 Å². The van der Waals surface area contributed by atoms with Gasteiger partial charge in [0.05, 0.1) is 0 Å². The Balaban J connectivity index is 1.52. The van der Waals surface area contributed by atoms with Gasteiger partial charge in [0, 0.05) is 22.8 Å². The Kier molecular flexibility index (Phi) is 7.78. The number of nitrogens with zero attached hydrogens (tertiary/aromatic N) is 4. The minimum Gasteiger partial charge on any atom is -0.477 e. The molecular weight excluding hydrogens is 526 g/mol.